The maximum Gasteiger partial charge on any atom is 0.254 e. The predicted octanol–water partition coefficient (Wildman–Crippen LogP) is 2.74. The van der Waals surface area contributed by atoms with Gasteiger partial charge in [0.15, 0.2) is 0 Å². The Balaban J connectivity index is 2.23. The van der Waals surface area contributed by atoms with E-state index < -0.39 is 0 Å². The molecule has 21 heavy (non-hydrogen) atoms. The molecular weight excluding hydrogens is 262 g/mol. The molecule has 1 aliphatic heterocycles. The van der Waals surface area contributed by atoms with Crippen LogP contribution in [0.3, 0.4) is 0 Å². The number of likely N-dealkylation sites (tertiary alicyclic amines) is 1. The summed E-state index contributed by atoms with van der Waals surface area (Å²) in [6, 6.07) is 6.15. The van der Waals surface area contributed by atoms with E-state index in [0.29, 0.717) is 12.5 Å². The van der Waals surface area contributed by atoms with Gasteiger partial charge in [-0.25, -0.2) is 0 Å². The molecule has 1 fully saturated rings. The third-order valence-electron chi connectivity index (χ3n) is 3.90. The zero-order valence-corrected chi connectivity index (χ0v) is 12.9. The fourth-order valence-electron chi connectivity index (χ4n) is 2.89. The van der Waals surface area contributed by atoms with E-state index >= 15 is 0 Å². The minimum absolute atomic E-state index is 0.0660. The fraction of sp³-hybridized carbons (Fsp3) is 0.500. The second-order valence-electron chi connectivity index (χ2n) is 5.57. The number of carbonyl (C=O) groups is 1. The number of amides is 1. The third kappa shape index (κ3) is 3.86. The molecule has 1 atom stereocenters. The van der Waals surface area contributed by atoms with Gasteiger partial charge in [-0.15, -0.1) is 0 Å². The molecule has 0 aliphatic carbocycles. The van der Waals surface area contributed by atoms with Crippen LogP contribution in [-0.4, -0.2) is 35.1 Å². The number of benzene rings is 1. The lowest BCUT2D eigenvalue weighted by molar-refractivity contribution is 0.0733. The van der Waals surface area contributed by atoms with Gasteiger partial charge in [0.25, 0.3) is 5.91 Å². The number of aliphatic hydroxyl groups excluding tert-OH is 1. The second kappa shape index (κ2) is 7.28. The Morgan fingerprint density at radius 3 is 2.95 bits per heavy atom. The number of nitrogens with zero attached hydrogens (tertiary/aromatic N) is 1. The average molecular weight is 285 g/mol. The van der Waals surface area contributed by atoms with Crippen LogP contribution < -0.4 is 0 Å². The lowest BCUT2D eigenvalue weighted by atomic mass is 10.0. The monoisotopic (exact) mass is 285 g/mol. The third-order valence-corrected chi connectivity index (χ3v) is 3.90. The van der Waals surface area contributed by atoms with E-state index in [1.54, 1.807) is 0 Å². The molecule has 3 heteroatoms. The lowest BCUT2D eigenvalue weighted by Gasteiger charge is -2.24. The first-order chi connectivity index (χ1) is 10.2. The summed E-state index contributed by atoms with van der Waals surface area (Å²) in [6.07, 6.45) is 3.68. The smallest absolute Gasteiger partial charge is 0.254 e. The van der Waals surface area contributed by atoms with Gasteiger partial charge in [-0.1, -0.05) is 18.8 Å². The minimum atomic E-state index is 0.0660. The molecule has 3 nitrogen and oxygen atoms in total. The molecule has 0 saturated carbocycles. The summed E-state index contributed by atoms with van der Waals surface area (Å²) in [5.41, 5.74) is 2.61. The maximum atomic E-state index is 12.7. The normalized spacial score (nSPS) is 17.5. The molecule has 1 N–H and O–H groups in total. The van der Waals surface area contributed by atoms with Crippen LogP contribution in [0.5, 0.6) is 0 Å². The molecule has 1 heterocycles. The highest BCUT2D eigenvalue weighted by Gasteiger charge is 2.28. The van der Waals surface area contributed by atoms with E-state index in [4.69, 9.17) is 5.11 Å². The van der Waals surface area contributed by atoms with Gasteiger partial charge in [0.2, 0.25) is 0 Å². The molecule has 0 spiro atoms. The summed E-state index contributed by atoms with van der Waals surface area (Å²) < 4.78 is 0. The van der Waals surface area contributed by atoms with Gasteiger partial charge in [-0.2, -0.15) is 0 Å². The number of hydrogen-bond donors (Lipinski definition) is 1. The standard InChI is InChI=1S/C18H23NO2/c1-3-17-8-6-9-19(17)18(21)16-12-14(2)11-15(13-16)7-4-5-10-20/h11-13,17,20H,3,5-6,8-10H2,1-2H3. The Morgan fingerprint density at radius 1 is 1.43 bits per heavy atom. The number of carbonyl (C=O) groups excluding carboxylic acids is 1. The van der Waals surface area contributed by atoms with Crippen molar-refractivity contribution in [1.82, 2.24) is 4.90 Å². The minimum Gasteiger partial charge on any atom is -0.395 e. The van der Waals surface area contributed by atoms with E-state index in [9.17, 15) is 4.79 Å². The molecule has 1 aromatic rings. The first kappa shape index (κ1) is 15.6. The van der Waals surface area contributed by atoms with Crippen molar-refractivity contribution in [2.45, 2.75) is 45.6 Å². The van der Waals surface area contributed by atoms with Crippen LogP contribution in [0.2, 0.25) is 0 Å². The van der Waals surface area contributed by atoms with Gasteiger partial charge in [0, 0.05) is 30.1 Å². The Hall–Kier alpha value is -1.79. The number of aryl methyl sites for hydroxylation is 1. The lowest BCUT2D eigenvalue weighted by Crippen LogP contribution is -2.35. The van der Waals surface area contributed by atoms with Crippen LogP contribution in [0.4, 0.5) is 0 Å². The van der Waals surface area contributed by atoms with Crippen LogP contribution in [0.1, 0.15) is 54.1 Å². The zero-order valence-electron chi connectivity index (χ0n) is 12.9. The molecule has 1 amide bonds. The Bertz CT molecular complexity index is 568. The molecule has 1 aromatic carbocycles. The first-order valence-corrected chi connectivity index (χ1v) is 7.68. The molecule has 1 saturated heterocycles. The highest BCUT2D eigenvalue weighted by molar-refractivity contribution is 5.95. The van der Waals surface area contributed by atoms with Gasteiger partial charge >= 0.3 is 0 Å². The molecular formula is C18H23NO2. The molecule has 1 unspecified atom stereocenters. The van der Waals surface area contributed by atoms with Gasteiger partial charge in [-0.3, -0.25) is 4.79 Å². The van der Waals surface area contributed by atoms with Crippen LogP contribution >= 0.6 is 0 Å². The van der Waals surface area contributed by atoms with E-state index in [0.717, 1.165) is 42.5 Å². The summed E-state index contributed by atoms with van der Waals surface area (Å²) in [4.78, 5) is 14.7. The SMILES string of the molecule is CCC1CCCN1C(=O)c1cc(C)cc(C#CCCO)c1. The highest BCUT2D eigenvalue weighted by Crippen LogP contribution is 2.23. The highest BCUT2D eigenvalue weighted by atomic mass is 16.2. The van der Waals surface area contributed by atoms with Crippen molar-refractivity contribution in [3.05, 3.63) is 34.9 Å². The fourth-order valence-corrected chi connectivity index (χ4v) is 2.89. The Morgan fingerprint density at radius 2 is 2.24 bits per heavy atom. The molecule has 0 radical (unpaired) electrons. The van der Waals surface area contributed by atoms with Crippen LogP contribution in [0.15, 0.2) is 18.2 Å². The first-order valence-electron chi connectivity index (χ1n) is 7.68. The topological polar surface area (TPSA) is 40.5 Å². The van der Waals surface area contributed by atoms with Gasteiger partial charge < -0.3 is 10.0 Å². The molecule has 0 aromatic heterocycles. The predicted molar refractivity (Wildman–Crippen MR) is 84.1 cm³/mol. The van der Waals surface area contributed by atoms with Crippen LogP contribution in [-0.2, 0) is 0 Å². The molecule has 0 bridgehead atoms. The molecule has 2 rings (SSSR count). The van der Waals surface area contributed by atoms with Crippen molar-refractivity contribution >= 4 is 5.91 Å². The van der Waals surface area contributed by atoms with Crippen LogP contribution in [0, 0.1) is 18.8 Å². The zero-order chi connectivity index (χ0) is 15.2. The van der Waals surface area contributed by atoms with Crippen molar-refractivity contribution in [1.29, 1.82) is 0 Å². The van der Waals surface area contributed by atoms with E-state index in [2.05, 4.69) is 18.8 Å². The van der Waals surface area contributed by atoms with Crippen LogP contribution in [0.25, 0.3) is 0 Å². The average Bonchev–Trinajstić information content (AvgIpc) is 2.94. The Labute approximate surface area is 127 Å². The van der Waals surface area contributed by atoms with E-state index in [-0.39, 0.29) is 12.5 Å². The summed E-state index contributed by atoms with van der Waals surface area (Å²) in [6.45, 7) is 5.04. The number of rotatable bonds is 3. The summed E-state index contributed by atoms with van der Waals surface area (Å²) in [5, 5.41) is 8.78. The summed E-state index contributed by atoms with van der Waals surface area (Å²) in [5.74, 6) is 6.04. The maximum absolute atomic E-state index is 12.7. The van der Waals surface area contributed by atoms with Crippen molar-refractivity contribution in [2.75, 3.05) is 13.2 Å². The number of hydrogen-bond acceptors (Lipinski definition) is 2. The summed E-state index contributed by atoms with van der Waals surface area (Å²) in [7, 11) is 0. The second-order valence-corrected chi connectivity index (χ2v) is 5.57. The van der Waals surface area contributed by atoms with Gasteiger partial charge in [0.1, 0.15) is 0 Å². The largest absolute Gasteiger partial charge is 0.395 e. The number of aliphatic hydroxyl groups is 1. The quantitative estimate of drug-likeness (QED) is 0.868. The molecule has 1 aliphatic rings. The van der Waals surface area contributed by atoms with E-state index in [1.807, 2.05) is 30.0 Å². The summed E-state index contributed by atoms with van der Waals surface area (Å²) >= 11 is 0. The van der Waals surface area contributed by atoms with Gasteiger partial charge in [-0.05, 0) is 49.9 Å². The van der Waals surface area contributed by atoms with Crippen molar-refractivity contribution in [2.24, 2.45) is 0 Å². The van der Waals surface area contributed by atoms with Crippen molar-refractivity contribution in [3.8, 4) is 11.8 Å². The van der Waals surface area contributed by atoms with Gasteiger partial charge in [0.05, 0.1) is 6.61 Å². The van der Waals surface area contributed by atoms with E-state index in [1.165, 1.54) is 0 Å². The van der Waals surface area contributed by atoms with Crippen molar-refractivity contribution < 1.29 is 9.90 Å². The molecule has 112 valence electrons. The Kier molecular flexibility index (Phi) is 5.41. The van der Waals surface area contributed by atoms with Crippen molar-refractivity contribution in [3.63, 3.8) is 0 Å².